The number of carbonyl (C=O) groups excluding carboxylic acids is 1. The van der Waals surface area contributed by atoms with Crippen molar-refractivity contribution >= 4 is 33.3 Å². The first-order chi connectivity index (χ1) is 14.5. The molecule has 3 heterocycles. The Morgan fingerprint density at radius 2 is 1.90 bits per heavy atom. The van der Waals surface area contributed by atoms with Crippen LogP contribution in [0.5, 0.6) is 5.75 Å². The van der Waals surface area contributed by atoms with Crippen LogP contribution in [0, 0.1) is 13.8 Å². The largest absolute Gasteiger partial charge is 0.496 e. The minimum absolute atomic E-state index is 0.0279. The van der Waals surface area contributed by atoms with Crippen LogP contribution in [0.1, 0.15) is 38.3 Å². The summed E-state index contributed by atoms with van der Waals surface area (Å²) in [6, 6.07) is 11.9. The minimum atomic E-state index is -0.725. The molecule has 0 radical (unpaired) electrons. The first kappa shape index (κ1) is 18.5. The Hall–Kier alpha value is -3.52. The molecule has 0 saturated carbocycles. The molecule has 0 spiro atoms. The van der Waals surface area contributed by atoms with Gasteiger partial charge in [0.05, 0.1) is 18.1 Å². The van der Waals surface area contributed by atoms with E-state index in [4.69, 9.17) is 9.15 Å². The van der Waals surface area contributed by atoms with Gasteiger partial charge in [-0.1, -0.05) is 41.2 Å². The molecular weight excluding hydrogens is 402 g/mol. The summed E-state index contributed by atoms with van der Waals surface area (Å²) in [5.74, 6) is 0.176. The van der Waals surface area contributed by atoms with Gasteiger partial charge in [-0.25, -0.2) is 0 Å². The molecule has 0 bridgehead atoms. The zero-order valence-electron chi connectivity index (χ0n) is 16.5. The zero-order valence-corrected chi connectivity index (χ0v) is 17.3. The third-order valence-electron chi connectivity index (χ3n) is 5.18. The Labute approximate surface area is 175 Å². The van der Waals surface area contributed by atoms with E-state index >= 15 is 0 Å². The third kappa shape index (κ3) is 2.64. The van der Waals surface area contributed by atoms with E-state index in [1.807, 2.05) is 38.1 Å². The van der Waals surface area contributed by atoms with Crippen molar-refractivity contribution in [2.75, 3.05) is 12.0 Å². The second-order valence-electron chi connectivity index (χ2n) is 7.10. The van der Waals surface area contributed by atoms with Gasteiger partial charge in [-0.15, -0.1) is 10.2 Å². The van der Waals surface area contributed by atoms with Crippen LogP contribution in [0.2, 0.25) is 0 Å². The fraction of sp³-hybridized carbons (Fsp3) is 0.182. The number of carbonyl (C=O) groups is 1. The highest BCUT2D eigenvalue weighted by Crippen LogP contribution is 2.44. The van der Waals surface area contributed by atoms with Gasteiger partial charge in [0.1, 0.15) is 22.4 Å². The Balaban J connectivity index is 1.86. The van der Waals surface area contributed by atoms with E-state index in [9.17, 15) is 9.59 Å². The van der Waals surface area contributed by atoms with Crippen molar-refractivity contribution in [2.24, 2.45) is 0 Å². The number of hydrogen-bond donors (Lipinski definition) is 0. The number of aromatic nitrogens is 2. The van der Waals surface area contributed by atoms with Crippen LogP contribution >= 0.6 is 11.3 Å². The highest BCUT2D eigenvalue weighted by atomic mass is 32.1. The van der Waals surface area contributed by atoms with Gasteiger partial charge >= 0.3 is 0 Å². The summed E-state index contributed by atoms with van der Waals surface area (Å²) in [4.78, 5) is 28.5. The smallest absolute Gasteiger partial charge is 0.297 e. The maximum atomic E-state index is 13.6. The maximum Gasteiger partial charge on any atom is 0.297 e. The number of anilines is 1. The molecule has 1 aliphatic heterocycles. The molecular formula is C22H17N3O4S. The number of aryl methyl sites for hydroxylation is 2. The van der Waals surface area contributed by atoms with Gasteiger partial charge in [-0.3, -0.25) is 14.5 Å². The van der Waals surface area contributed by atoms with Crippen molar-refractivity contribution in [1.82, 2.24) is 10.2 Å². The Morgan fingerprint density at radius 3 is 2.63 bits per heavy atom. The normalized spacial score (nSPS) is 15.6. The Kier molecular flexibility index (Phi) is 4.18. The van der Waals surface area contributed by atoms with Gasteiger partial charge in [-0.05, 0) is 32.0 Å². The number of hydrogen-bond acceptors (Lipinski definition) is 7. The molecule has 1 unspecified atom stereocenters. The van der Waals surface area contributed by atoms with Crippen molar-refractivity contribution in [3.05, 3.63) is 80.1 Å². The third-order valence-corrected chi connectivity index (χ3v) is 6.02. The fourth-order valence-corrected chi connectivity index (χ4v) is 4.57. The number of amides is 1. The van der Waals surface area contributed by atoms with Crippen LogP contribution in [0.15, 0.2) is 51.7 Å². The molecule has 5 rings (SSSR count). The van der Waals surface area contributed by atoms with E-state index in [1.165, 1.54) is 16.2 Å². The summed E-state index contributed by atoms with van der Waals surface area (Å²) < 4.78 is 11.5. The topological polar surface area (TPSA) is 85.5 Å². The fourth-order valence-electron chi connectivity index (χ4n) is 3.85. The number of benzene rings is 2. The summed E-state index contributed by atoms with van der Waals surface area (Å²) in [6.45, 7) is 3.72. The van der Waals surface area contributed by atoms with Crippen molar-refractivity contribution in [2.45, 2.75) is 19.9 Å². The number of methoxy groups -OCH3 is 1. The summed E-state index contributed by atoms with van der Waals surface area (Å²) in [6.07, 6.45) is 0. The Bertz CT molecular complexity index is 1370. The zero-order chi connectivity index (χ0) is 21.0. The van der Waals surface area contributed by atoms with Gasteiger partial charge in [-0.2, -0.15) is 0 Å². The van der Waals surface area contributed by atoms with Crippen LogP contribution in [0.4, 0.5) is 5.13 Å². The lowest BCUT2D eigenvalue weighted by atomic mass is 9.97. The molecule has 0 aliphatic carbocycles. The van der Waals surface area contributed by atoms with Crippen molar-refractivity contribution in [3.63, 3.8) is 0 Å². The van der Waals surface area contributed by atoms with E-state index < -0.39 is 11.9 Å². The molecule has 1 amide bonds. The van der Waals surface area contributed by atoms with Crippen LogP contribution in [-0.4, -0.2) is 23.2 Å². The quantitative estimate of drug-likeness (QED) is 0.499. The van der Waals surface area contributed by atoms with Crippen LogP contribution < -0.4 is 15.1 Å². The van der Waals surface area contributed by atoms with Gasteiger partial charge in [0.25, 0.3) is 5.91 Å². The second-order valence-corrected chi connectivity index (χ2v) is 8.26. The lowest BCUT2D eigenvalue weighted by Gasteiger charge is -2.23. The van der Waals surface area contributed by atoms with E-state index in [1.54, 1.807) is 25.3 Å². The molecule has 7 nitrogen and oxygen atoms in total. The molecule has 2 aromatic carbocycles. The first-order valence-corrected chi connectivity index (χ1v) is 10.1. The van der Waals surface area contributed by atoms with Gasteiger partial charge in [0.15, 0.2) is 5.43 Å². The molecule has 4 aromatic rings. The minimum Gasteiger partial charge on any atom is -0.496 e. The number of fused-ring (bicyclic) bond motifs is 2. The van der Waals surface area contributed by atoms with E-state index in [0.717, 1.165) is 5.56 Å². The SMILES string of the molecule is COc1ccccc1C1c2c(oc3ccc(C)cc3c2=O)C(=O)N1c1nnc(C)s1. The Morgan fingerprint density at radius 1 is 1.10 bits per heavy atom. The first-order valence-electron chi connectivity index (χ1n) is 9.33. The van der Waals surface area contributed by atoms with Crippen molar-refractivity contribution in [3.8, 4) is 5.75 Å². The maximum absolute atomic E-state index is 13.6. The molecule has 1 aliphatic rings. The van der Waals surface area contributed by atoms with Gasteiger partial charge < -0.3 is 9.15 Å². The van der Waals surface area contributed by atoms with Gasteiger partial charge in [0.2, 0.25) is 10.9 Å². The van der Waals surface area contributed by atoms with E-state index in [-0.39, 0.29) is 16.8 Å². The highest BCUT2D eigenvalue weighted by molar-refractivity contribution is 7.15. The van der Waals surface area contributed by atoms with Crippen LogP contribution in [0.3, 0.4) is 0 Å². The molecule has 150 valence electrons. The van der Waals surface area contributed by atoms with Crippen LogP contribution in [0.25, 0.3) is 11.0 Å². The average Bonchev–Trinajstić information content (AvgIpc) is 3.29. The molecule has 0 saturated heterocycles. The number of nitrogens with zero attached hydrogens (tertiary/aromatic N) is 3. The van der Waals surface area contributed by atoms with Crippen LogP contribution in [-0.2, 0) is 0 Å². The van der Waals surface area contributed by atoms with E-state index in [2.05, 4.69) is 10.2 Å². The van der Waals surface area contributed by atoms with Gasteiger partial charge in [0, 0.05) is 5.56 Å². The molecule has 1 atom stereocenters. The predicted molar refractivity (Wildman–Crippen MR) is 114 cm³/mol. The molecule has 0 fully saturated rings. The summed E-state index contributed by atoms with van der Waals surface area (Å²) >= 11 is 1.28. The average molecular weight is 419 g/mol. The lowest BCUT2D eigenvalue weighted by Crippen LogP contribution is -2.29. The highest BCUT2D eigenvalue weighted by Gasteiger charge is 2.46. The number of ether oxygens (including phenoxy) is 1. The molecule has 8 heteroatoms. The summed E-state index contributed by atoms with van der Waals surface area (Å²) in [7, 11) is 1.56. The molecule has 2 aromatic heterocycles. The van der Waals surface area contributed by atoms with Crippen molar-refractivity contribution < 1.29 is 13.9 Å². The molecule has 30 heavy (non-hydrogen) atoms. The summed E-state index contributed by atoms with van der Waals surface area (Å²) in [5.41, 5.74) is 2.05. The van der Waals surface area contributed by atoms with E-state index in [0.29, 0.717) is 32.4 Å². The lowest BCUT2D eigenvalue weighted by molar-refractivity contribution is 0.0970. The standard InChI is InChI=1S/C22H17N3O4S/c1-11-8-9-16-14(10-11)19(26)17-18(13-6-4-5-7-15(13)28-3)25(21(27)20(17)29-16)22-24-23-12(2)30-22/h4-10,18H,1-3H3. The molecule has 0 N–H and O–H groups in total. The second kappa shape index (κ2) is 6.77. The van der Waals surface area contributed by atoms with Crippen molar-refractivity contribution in [1.29, 1.82) is 0 Å². The predicted octanol–water partition coefficient (Wildman–Crippen LogP) is 4.02. The summed E-state index contributed by atoms with van der Waals surface area (Å²) in [5, 5.41) is 9.78. The monoisotopic (exact) mass is 419 g/mol. The number of rotatable bonds is 3. The number of para-hydroxylation sites is 1.